The third-order valence-corrected chi connectivity index (χ3v) is 1.80. The lowest BCUT2D eigenvalue weighted by Gasteiger charge is -2.05. The second-order valence-corrected chi connectivity index (χ2v) is 3.16. The normalized spacial score (nSPS) is 10.7. The van der Waals surface area contributed by atoms with E-state index < -0.39 is 0 Å². The minimum absolute atomic E-state index is 0.0650. The van der Waals surface area contributed by atoms with Gasteiger partial charge in [-0.1, -0.05) is 6.04 Å². The Hall–Kier alpha value is 0.0569. The van der Waals surface area contributed by atoms with Crippen LogP contribution in [0.15, 0.2) is 0 Å². The molecule has 0 aliphatic carbocycles. The zero-order valence-electron chi connectivity index (χ0n) is 8.54. The molecule has 83 valence electrons. The summed E-state index contributed by atoms with van der Waals surface area (Å²) in [6.07, 6.45) is 1.02. The molecule has 0 aliphatic heterocycles. The van der Waals surface area contributed by atoms with Gasteiger partial charge in [-0.05, 0) is 6.42 Å². The average Bonchev–Trinajstić information content (AvgIpc) is 2.21. The van der Waals surface area contributed by atoms with E-state index in [0.717, 1.165) is 19.1 Å². The van der Waals surface area contributed by atoms with Crippen LogP contribution in [-0.2, 0) is 14.2 Å². The first-order valence-corrected chi connectivity index (χ1v) is 5.61. The molecule has 5 heteroatoms. The van der Waals surface area contributed by atoms with Crippen LogP contribution in [0.3, 0.4) is 0 Å². The summed E-state index contributed by atoms with van der Waals surface area (Å²) >= 11 is 0. The highest BCUT2D eigenvalue weighted by molar-refractivity contribution is 6.08. The fourth-order valence-corrected chi connectivity index (χ4v) is 0.925. The average molecular weight is 219 g/mol. The van der Waals surface area contributed by atoms with Gasteiger partial charge in [0.1, 0.15) is 0 Å². The zero-order chi connectivity index (χ0) is 10.5. The van der Waals surface area contributed by atoms with Crippen molar-refractivity contribution in [2.24, 2.45) is 0 Å². The van der Waals surface area contributed by atoms with Crippen molar-refractivity contribution in [3.8, 4) is 0 Å². The predicted molar refractivity (Wildman–Crippen MR) is 54.7 cm³/mol. The highest BCUT2D eigenvalue weighted by Gasteiger charge is 1.90. The molecule has 3 radical (unpaired) electrons. The summed E-state index contributed by atoms with van der Waals surface area (Å²) in [7, 11) is 3.36. The molecule has 0 saturated carbocycles. The van der Waals surface area contributed by atoms with Crippen molar-refractivity contribution in [2.75, 3.05) is 46.2 Å². The van der Waals surface area contributed by atoms with Crippen molar-refractivity contribution in [3.05, 3.63) is 0 Å². The largest absolute Gasteiger partial charge is 0.394 e. The number of rotatable bonds is 11. The quantitative estimate of drug-likeness (QED) is 0.393. The molecular weight excluding hydrogens is 200 g/mol. The van der Waals surface area contributed by atoms with Gasteiger partial charge < -0.3 is 19.3 Å². The van der Waals surface area contributed by atoms with Crippen molar-refractivity contribution >= 4 is 10.2 Å². The van der Waals surface area contributed by atoms with Crippen LogP contribution in [0.5, 0.6) is 0 Å². The molecule has 0 aromatic rings. The Labute approximate surface area is 89.0 Å². The highest BCUT2D eigenvalue weighted by Crippen LogP contribution is 1.86. The number of hydrogen-bond donors (Lipinski definition) is 1. The van der Waals surface area contributed by atoms with Gasteiger partial charge in [-0.25, -0.2) is 0 Å². The zero-order valence-corrected chi connectivity index (χ0v) is 9.54. The molecule has 0 aromatic carbocycles. The molecular formula is C9H19O4Si. The van der Waals surface area contributed by atoms with Gasteiger partial charge in [0.15, 0.2) is 0 Å². The number of ether oxygens (including phenoxy) is 3. The maximum absolute atomic E-state index is 8.40. The predicted octanol–water partition coefficient (Wildman–Crippen LogP) is 0.00540. The van der Waals surface area contributed by atoms with Gasteiger partial charge in [0, 0.05) is 16.8 Å². The number of hydrogen-bond acceptors (Lipinski definition) is 4. The second kappa shape index (κ2) is 13.1. The van der Waals surface area contributed by atoms with E-state index in [4.69, 9.17) is 19.3 Å². The molecule has 0 fully saturated rings. The molecule has 0 unspecified atom stereocenters. The Balaban J connectivity index is 2.78. The standard InChI is InChI=1S/C9H19O4Si/c10-2-4-12-6-8-13-7-5-11-3-1-9-14/h10H,1-9H2. The lowest BCUT2D eigenvalue weighted by molar-refractivity contribution is 0.00784. The van der Waals surface area contributed by atoms with Gasteiger partial charge in [-0.3, -0.25) is 0 Å². The molecule has 0 spiro atoms. The number of aliphatic hydroxyl groups is 1. The molecule has 0 saturated heterocycles. The van der Waals surface area contributed by atoms with Crippen LogP contribution in [-0.4, -0.2) is 61.6 Å². The summed E-state index contributed by atoms with van der Waals surface area (Å²) in [5.41, 5.74) is 0. The molecule has 14 heavy (non-hydrogen) atoms. The Morgan fingerprint density at radius 3 is 1.79 bits per heavy atom. The Kier molecular flexibility index (Phi) is 13.1. The van der Waals surface area contributed by atoms with E-state index in [-0.39, 0.29) is 6.61 Å². The van der Waals surface area contributed by atoms with E-state index >= 15 is 0 Å². The third kappa shape index (κ3) is 12.1. The van der Waals surface area contributed by atoms with Gasteiger partial charge in [-0.15, -0.1) is 0 Å². The minimum atomic E-state index is 0.0650. The SMILES string of the molecule is OCCOCCOCCOCCC[Si]. The van der Waals surface area contributed by atoms with E-state index in [1.54, 1.807) is 0 Å². The molecule has 0 atom stereocenters. The van der Waals surface area contributed by atoms with Crippen LogP contribution in [0, 0.1) is 0 Å². The first-order chi connectivity index (χ1) is 6.91. The van der Waals surface area contributed by atoms with Crippen LogP contribution in [0.4, 0.5) is 0 Å². The third-order valence-electron chi connectivity index (χ3n) is 1.45. The molecule has 0 heterocycles. The Morgan fingerprint density at radius 2 is 1.29 bits per heavy atom. The maximum Gasteiger partial charge on any atom is 0.0701 e. The second-order valence-electron chi connectivity index (χ2n) is 2.66. The summed E-state index contributed by atoms with van der Waals surface area (Å²) in [6.45, 7) is 3.54. The van der Waals surface area contributed by atoms with E-state index in [1.165, 1.54) is 0 Å². The van der Waals surface area contributed by atoms with Gasteiger partial charge >= 0.3 is 0 Å². The molecule has 0 aliphatic rings. The summed E-state index contributed by atoms with van der Waals surface area (Å²) in [5, 5.41) is 8.40. The van der Waals surface area contributed by atoms with Gasteiger partial charge in [0.25, 0.3) is 0 Å². The molecule has 0 rings (SSSR count). The topological polar surface area (TPSA) is 47.9 Å². The molecule has 0 aromatic heterocycles. The van der Waals surface area contributed by atoms with Crippen LogP contribution in [0.2, 0.25) is 6.04 Å². The Bertz CT molecular complexity index is 90.8. The summed E-state index contributed by atoms with van der Waals surface area (Å²) in [5.74, 6) is 0. The van der Waals surface area contributed by atoms with Crippen molar-refractivity contribution in [1.82, 2.24) is 0 Å². The monoisotopic (exact) mass is 219 g/mol. The van der Waals surface area contributed by atoms with Gasteiger partial charge in [0.05, 0.1) is 39.6 Å². The van der Waals surface area contributed by atoms with Gasteiger partial charge in [-0.2, -0.15) is 0 Å². The minimum Gasteiger partial charge on any atom is -0.394 e. The van der Waals surface area contributed by atoms with Crippen molar-refractivity contribution in [3.63, 3.8) is 0 Å². The smallest absolute Gasteiger partial charge is 0.0701 e. The fraction of sp³-hybridized carbons (Fsp3) is 1.00. The molecule has 1 N–H and O–H groups in total. The molecule has 0 amide bonds. The van der Waals surface area contributed by atoms with Crippen molar-refractivity contribution in [2.45, 2.75) is 12.5 Å². The lowest BCUT2D eigenvalue weighted by atomic mass is 10.5. The van der Waals surface area contributed by atoms with Gasteiger partial charge in [0.2, 0.25) is 0 Å². The maximum atomic E-state index is 8.40. The van der Waals surface area contributed by atoms with Crippen LogP contribution in [0.25, 0.3) is 0 Å². The highest BCUT2D eigenvalue weighted by atomic mass is 28.1. The van der Waals surface area contributed by atoms with Crippen LogP contribution < -0.4 is 0 Å². The number of aliphatic hydroxyl groups excluding tert-OH is 1. The fourth-order valence-electron chi connectivity index (χ4n) is 0.781. The first kappa shape index (κ1) is 14.1. The van der Waals surface area contributed by atoms with Crippen LogP contribution >= 0.6 is 0 Å². The molecule has 4 nitrogen and oxygen atoms in total. The van der Waals surface area contributed by atoms with E-state index in [2.05, 4.69) is 10.2 Å². The Morgan fingerprint density at radius 1 is 0.786 bits per heavy atom. The summed E-state index contributed by atoms with van der Waals surface area (Å²) in [4.78, 5) is 0. The van der Waals surface area contributed by atoms with E-state index in [0.29, 0.717) is 33.0 Å². The summed E-state index contributed by atoms with van der Waals surface area (Å²) < 4.78 is 15.5. The first-order valence-electron chi connectivity index (χ1n) is 4.90. The summed E-state index contributed by atoms with van der Waals surface area (Å²) in [6, 6.07) is 0.968. The van der Waals surface area contributed by atoms with E-state index in [9.17, 15) is 0 Å². The lowest BCUT2D eigenvalue weighted by Crippen LogP contribution is -2.11. The molecule has 0 bridgehead atoms. The van der Waals surface area contributed by atoms with Crippen molar-refractivity contribution < 1.29 is 19.3 Å². The van der Waals surface area contributed by atoms with Crippen LogP contribution in [0.1, 0.15) is 6.42 Å². The van der Waals surface area contributed by atoms with E-state index in [1.807, 2.05) is 0 Å². The van der Waals surface area contributed by atoms with Crippen molar-refractivity contribution in [1.29, 1.82) is 0 Å².